The van der Waals surface area contributed by atoms with E-state index in [4.69, 9.17) is 16.3 Å². The molecule has 0 saturated heterocycles. The van der Waals surface area contributed by atoms with Crippen LogP contribution in [-0.2, 0) is 6.42 Å². The number of ether oxygens (including phenoxy) is 1. The zero-order valence-electron chi connectivity index (χ0n) is 12.2. The molecule has 0 aliphatic rings. The lowest BCUT2D eigenvalue weighted by atomic mass is 10.0. The van der Waals surface area contributed by atoms with E-state index in [9.17, 15) is 0 Å². The first-order valence-corrected chi connectivity index (χ1v) is 7.64. The predicted octanol–water partition coefficient (Wildman–Crippen LogP) is 5.75. The zero-order chi connectivity index (χ0) is 14.4. The van der Waals surface area contributed by atoms with E-state index in [0.717, 1.165) is 24.2 Å². The van der Waals surface area contributed by atoms with Crippen LogP contribution in [0.4, 0.5) is 0 Å². The molecule has 0 heterocycles. The summed E-state index contributed by atoms with van der Waals surface area (Å²) in [6.45, 7) is 4.98. The van der Waals surface area contributed by atoms with Crippen molar-refractivity contribution in [3.05, 3.63) is 53.1 Å². The summed E-state index contributed by atoms with van der Waals surface area (Å²) >= 11 is 6.27. The molecule has 2 heteroatoms. The number of halogens is 1. The molecule has 2 aromatic rings. The van der Waals surface area contributed by atoms with E-state index in [1.807, 2.05) is 12.1 Å². The first kappa shape index (κ1) is 14.9. The third-order valence-corrected chi connectivity index (χ3v) is 3.51. The molecule has 0 N–H and O–H groups in total. The van der Waals surface area contributed by atoms with Gasteiger partial charge in [0.05, 0.1) is 11.6 Å². The van der Waals surface area contributed by atoms with Crippen molar-refractivity contribution >= 4 is 11.6 Å². The van der Waals surface area contributed by atoms with Crippen molar-refractivity contribution in [2.24, 2.45) is 0 Å². The van der Waals surface area contributed by atoms with Crippen molar-refractivity contribution in [1.29, 1.82) is 0 Å². The highest BCUT2D eigenvalue weighted by Gasteiger charge is 2.05. The molecule has 0 radical (unpaired) electrons. The molecular formula is C18H21ClO. The van der Waals surface area contributed by atoms with Gasteiger partial charge >= 0.3 is 0 Å². The fourth-order valence-corrected chi connectivity index (χ4v) is 2.40. The molecule has 0 bridgehead atoms. The van der Waals surface area contributed by atoms with Gasteiger partial charge in [-0.2, -0.15) is 0 Å². The summed E-state index contributed by atoms with van der Waals surface area (Å²) in [5.74, 6) is 0.764. The molecule has 20 heavy (non-hydrogen) atoms. The lowest BCUT2D eigenvalue weighted by molar-refractivity contribution is 0.317. The van der Waals surface area contributed by atoms with Crippen molar-refractivity contribution in [3.63, 3.8) is 0 Å². The van der Waals surface area contributed by atoms with Crippen molar-refractivity contribution in [3.8, 4) is 16.9 Å². The number of hydrogen-bond donors (Lipinski definition) is 0. The Morgan fingerprint density at radius 2 is 1.60 bits per heavy atom. The lowest BCUT2D eigenvalue weighted by Gasteiger charge is -2.09. The minimum absolute atomic E-state index is 0.675. The largest absolute Gasteiger partial charge is 0.492 e. The fourth-order valence-electron chi connectivity index (χ4n) is 2.16. The standard InChI is InChI=1S/C18H21ClO/c1-3-5-14-6-8-15(9-7-14)16-10-11-18(17(19)13-16)20-12-4-2/h6-11,13H,3-5,12H2,1-2H3. The lowest BCUT2D eigenvalue weighted by Crippen LogP contribution is -1.95. The van der Waals surface area contributed by atoms with Crippen LogP contribution in [0.25, 0.3) is 11.1 Å². The van der Waals surface area contributed by atoms with Crippen molar-refractivity contribution in [2.45, 2.75) is 33.1 Å². The first-order valence-electron chi connectivity index (χ1n) is 7.26. The van der Waals surface area contributed by atoms with Gasteiger partial charge in [-0.25, -0.2) is 0 Å². The Morgan fingerprint density at radius 1 is 0.900 bits per heavy atom. The van der Waals surface area contributed by atoms with E-state index in [-0.39, 0.29) is 0 Å². The molecule has 2 aromatic carbocycles. The van der Waals surface area contributed by atoms with E-state index in [1.165, 1.54) is 17.5 Å². The predicted molar refractivity (Wildman–Crippen MR) is 86.7 cm³/mol. The Morgan fingerprint density at radius 3 is 2.20 bits per heavy atom. The van der Waals surface area contributed by atoms with Crippen LogP contribution >= 0.6 is 11.6 Å². The van der Waals surface area contributed by atoms with E-state index in [1.54, 1.807) is 0 Å². The van der Waals surface area contributed by atoms with Gasteiger partial charge in [-0.15, -0.1) is 0 Å². The van der Waals surface area contributed by atoms with E-state index in [0.29, 0.717) is 11.6 Å². The monoisotopic (exact) mass is 288 g/mol. The first-order chi connectivity index (χ1) is 9.74. The molecule has 0 amide bonds. The summed E-state index contributed by atoms with van der Waals surface area (Å²) in [6, 6.07) is 14.7. The van der Waals surface area contributed by atoms with Gasteiger partial charge in [0.1, 0.15) is 5.75 Å². The van der Waals surface area contributed by atoms with Crippen molar-refractivity contribution in [2.75, 3.05) is 6.61 Å². The van der Waals surface area contributed by atoms with Crippen LogP contribution < -0.4 is 4.74 Å². The third-order valence-electron chi connectivity index (χ3n) is 3.22. The van der Waals surface area contributed by atoms with E-state index < -0.39 is 0 Å². The van der Waals surface area contributed by atoms with Gasteiger partial charge < -0.3 is 4.74 Å². The van der Waals surface area contributed by atoms with Crippen LogP contribution in [-0.4, -0.2) is 6.61 Å². The quantitative estimate of drug-likeness (QED) is 0.658. The van der Waals surface area contributed by atoms with Gasteiger partial charge in [0.15, 0.2) is 0 Å². The van der Waals surface area contributed by atoms with Crippen LogP contribution in [0, 0.1) is 0 Å². The summed E-state index contributed by atoms with van der Waals surface area (Å²) < 4.78 is 5.60. The minimum Gasteiger partial charge on any atom is -0.492 e. The molecular weight excluding hydrogens is 268 g/mol. The Balaban J connectivity index is 2.18. The fraction of sp³-hybridized carbons (Fsp3) is 0.333. The molecule has 0 spiro atoms. The SMILES string of the molecule is CCCOc1ccc(-c2ccc(CCC)cc2)cc1Cl. The van der Waals surface area contributed by atoms with Gasteiger partial charge in [-0.05, 0) is 41.7 Å². The third kappa shape index (κ3) is 3.77. The average Bonchev–Trinajstić information content (AvgIpc) is 2.47. The number of aryl methyl sites for hydroxylation is 1. The minimum atomic E-state index is 0.675. The maximum absolute atomic E-state index is 6.27. The highest BCUT2D eigenvalue weighted by Crippen LogP contribution is 2.30. The maximum Gasteiger partial charge on any atom is 0.137 e. The van der Waals surface area contributed by atoms with Gasteiger partial charge in [0.25, 0.3) is 0 Å². The van der Waals surface area contributed by atoms with Gasteiger partial charge in [0.2, 0.25) is 0 Å². The van der Waals surface area contributed by atoms with Crippen molar-refractivity contribution in [1.82, 2.24) is 0 Å². The van der Waals surface area contributed by atoms with Crippen LogP contribution in [0.5, 0.6) is 5.75 Å². The second kappa shape index (κ2) is 7.35. The molecule has 1 nitrogen and oxygen atoms in total. The Bertz CT molecular complexity index is 546. The van der Waals surface area contributed by atoms with Crippen LogP contribution in [0.15, 0.2) is 42.5 Å². The number of benzene rings is 2. The van der Waals surface area contributed by atoms with Crippen molar-refractivity contribution < 1.29 is 4.74 Å². The highest BCUT2D eigenvalue weighted by atomic mass is 35.5. The topological polar surface area (TPSA) is 9.23 Å². The summed E-state index contributed by atoms with van der Waals surface area (Å²) in [6.07, 6.45) is 3.29. The van der Waals surface area contributed by atoms with Gasteiger partial charge in [-0.3, -0.25) is 0 Å². The Labute approximate surface area is 126 Å². The van der Waals surface area contributed by atoms with Gasteiger partial charge in [0, 0.05) is 0 Å². The van der Waals surface area contributed by atoms with Gasteiger partial charge in [-0.1, -0.05) is 62.2 Å². The molecule has 106 valence electrons. The second-order valence-electron chi connectivity index (χ2n) is 4.94. The normalized spacial score (nSPS) is 10.6. The number of hydrogen-bond acceptors (Lipinski definition) is 1. The maximum atomic E-state index is 6.27. The molecule has 0 aromatic heterocycles. The van der Waals surface area contributed by atoms with Crippen LogP contribution in [0.1, 0.15) is 32.3 Å². The number of rotatable bonds is 6. The van der Waals surface area contributed by atoms with Crippen LogP contribution in [0.2, 0.25) is 5.02 Å². The van der Waals surface area contributed by atoms with E-state index in [2.05, 4.69) is 44.2 Å². The summed E-state index contributed by atoms with van der Waals surface area (Å²) in [4.78, 5) is 0. The van der Waals surface area contributed by atoms with Crippen LogP contribution in [0.3, 0.4) is 0 Å². The molecule has 2 rings (SSSR count). The summed E-state index contributed by atoms with van der Waals surface area (Å²) in [5.41, 5.74) is 3.70. The molecule has 0 aliphatic carbocycles. The van der Waals surface area contributed by atoms with E-state index >= 15 is 0 Å². The average molecular weight is 289 g/mol. The molecule has 0 saturated carbocycles. The summed E-state index contributed by atoms with van der Waals surface area (Å²) in [7, 11) is 0. The highest BCUT2D eigenvalue weighted by molar-refractivity contribution is 6.32. The summed E-state index contributed by atoms with van der Waals surface area (Å²) in [5, 5.41) is 0.675. The molecule has 0 unspecified atom stereocenters. The Hall–Kier alpha value is -1.47. The Kier molecular flexibility index (Phi) is 5.49. The second-order valence-corrected chi connectivity index (χ2v) is 5.35. The molecule has 0 atom stereocenters. The molecule has 0 fully saturated rings. The molecule has 0 aliphatic heterocycles. The smallest absolute Gasteiger partial charge is 0.137 e. The zero-order valence-corrected chi connectivity index (χ0v) is 12.9.